The van der Waals surface area contributed by atoms with E-state index in [0.29, 0.717) is 0 Å². The number of nitrogens with one attached hydrogen (secondary N) is 2. The number of fused-ring (bicyclic) bond motifs is 1. The Labute approximate surface area is 195 Å². The molecule has 0 atom stereocenters. The average molecular weight is 518 g/mol. The fourth-order valence-electron chi connectivity index (χ4n) is 4.40. The molecule has 0 amide bonds. The van der Waals surface area contributed by atoms with E-state index >= 15 is 0 Å². The minimum Gasteiger partial charge on any atom is -0.356 e. The molecule has 1 fully saturated rings. The summed E-state index contributed by atoms with van der Waals surface area (Å²) in [5.74, 6) is 1.87. The monoisotopic (exact) mass is 518 g/mol. The summed E-state index contributed by atoms with van der Waals surface area (Å²) in [4.78, 5) is 4.42. The predicted molar refractivity (Wildman–Crippen MR) is 133 cm³/mol. The highest BCUT2D eigenvalue weighted by Gasteiger charge is 2.35. The molecule has 2 heterocycles. The fourth-order valence-corrected chi connectivity index (χ4v) is 4.40. The zero-order valence-corrected chi connectivity index (χ0v) is 19.9. The van der Waals surface area contributed by atoms with Gasteiger partial charge in [0.1, 0.15) is 5.82 Å². The Hall–Kier alpha value is -2.16. The molecular formula is C23H31IN6. The number of nitrogens with zero attached hydrogens (tertiary/aromatic N) is 4. The molecule has 30 heavy (non-hydrogen) atoms. The Bertz CT molecular complexity index is 946. The fraction of sp³-hybridized carbons (Fsp3) is 0.435. The first kappa shape index (κ1) is 22.5. The van der Waals surface area contributed by atoms with Crippen LogP contribution in [0.1, 0.15) is 43.5 Å². The molecule has 0 radical (unpaired) electrons. The lowest BCUT2D eigenvalue weighted by Crippen LogP contribution is -2.45. The molecule has 1 aliphatic carbocycles. The normalized spacial score (nSPS) is 15.7. The molecule has 0 aliphatic heterocycles. The molecule has 1 aromatic carbocycles. The van der Waals surface area contributed by atoms with Crippen molar-refractivity contribution < 1.29 is 0 Å². The third-order valence-corrected chi connectivity index (χ3v) is 6.02. The highest BCUT2D eigenvalue weighted by molar-refractivity contribution is 14.0. The van der Waals surface area contributed by atoms with E-state index in [4.69, 9.17) is 0 Å². The van der Waals surface area contributed by atoms with Gasteiger partial charge in [-0.1, -0.05) is 49.2 Å². The Kier molecular flexibility index (Phi) is 8.07. The van der Waals surface area contributed by atoms with Gasteiger partial charge in [-0.15, -0.1) is 34.2 Å². The van der Waals surface area contributed by atoms with E-state index < -0.39 is 0 Å². The van der Waals surface area contributed by atoms with E-state index in [9.17, 15) is 0 Å². The number of halogens is 1. The van der Waals surface area contributed by atoms with Crippen LogP contribution in [0.3, 0.4) is 0 Å². The van der Waals surface area contributed by atoms with Crippen LogP contribution in [0.2, 0.25) is 0 Å². The van der Waals surface area contributed by atoms with Gasteiger partial charge in [-0.3, -0.25) is 9.39 Å². The molecule has 3 aromatic rings. The summed E-state index contributed by atoms with van der Waals surface area (Å²) in [6.07, 6.45) is 8.94. The summed E-state index contributed by atoms with van der Waals surface area (Å²) in [5, 5.41) is 15.6. The number of aliphatic imine (C=N–C) groups is 1. The van der Waals surface area contributed by atoms with Gasteiger partial charge < -0.3 is 10.6 Å². The predicted octanol–water partition coefficient (Wildman–Crippen LogP) is 3.96. The molecule has 0 saturated heterocycles. The lowest BCUT2D eigenvalue weighted by molar-refractivity contribution is 0.431. The summed E-state index contributed by atoms with van der Waals surface area (Å²) in [7, 11) is 1.84. The highest BCUT2D eigenvalue weighted by atomic mass is 127. The van der Waals surface area contributed by atoms with Crippen LogP contribution in [0, 0.1) is 0 Å². The third-order valence-electron chi connectivity index (χ3n) is 6.02. The maximum atomic E-state index is 4.42. The van der Waals surface area contributed by atoms with Crippen molar-refractivity contribution in [3.05, 3.63) is 66.1 Å². The number of hydrogen-bond donors (Lipinski definition) is 2. The number of aromatic nitrogens is 3. The maximum absolute atomic E-state index is 4.42. The standard InChI is InChI=1S/C23H30N6.HI/c1-24-22(25-16-9-13-21-28-27-20-12-5-8-17-29(20)21)26-18-23(14-6-7-15-23)19-10-3-2-4-11-19;/h2-5,8,10-12,17H,6-7,9,13-16,18H2,1H3,(H2,24,25,26);1H. The van der Waals surface area contributed by atoms with Gasteiger partial charge in [0.25, 0.3) is 0 Å². The molecule has 2 aromatic heterocycles. The Morgan fingerprint density at radius 2 is 1.80 bits per heavy atom. The van der Waals surface area contributed by atoms with E-state index in [2.05, 4.69) is 60.6 Å². The molecule has 7 heteroatoms. The molecule has 160 valence electrons. The van der Waals surface area contributed by atoms with E-state index in [0.717, 1.165) is 43.4 Å². The van der Waals surface area contributed by atoms with Crippen LogP contribution in [0.25, 0.3) is 5.65 Å². The van der Waals surface area contributed by atoms with Crippen molar-refractivity contribution in [2.24, 2.45) is 4.99 Å². The SMILES string of the molecule is CN=C(NCCCc1nnc2ccccn12)NCC1(c2ccccc2)CCCC1.I. The summed E-state index contributed by atoms with van der Waals surface area (Å²) in [6.45, 7) is 1.77. The number of benzene rings is 1. The molecule has 2 N–H and O–H groups in total. The third kappa shape index (κ3) is 5.11. The van der Waals surface area contributed by atoms with E-state index in [1.165, 1.54) is 31.2 Å². The van der Waals surface area contributed by atoms with Crippen molar-refractivity contribution in [2.75, 3.05) is 20.1 Å². The van der Waals surface area contributed by atoms with Gasteiger partial charge in [-0.25, -0.2) is 0 Å². The second kappa shape index (κ2) is 10.7. The summed E-state index contributed by atoms with van der Waals surface area (Å²) in [6, 6.07) is 16.9. The van der Waals surface area contributed by atoms with Crippen LogP contribution in [0.15, 0.2) is 59.7 Å². The van der Waals surface area contributed by atoms with Crippen molar-refractivity contribution in [1.82, 2.24) is 25.2 Å². The van der Waals surface area contributed by atoms with Crippen LogP contribution < -0.4 is 10.6 Å². The quantitative estimate of drug-likeness (QED) is 0.215. The lowest BCUT2D eigenvalue weighted by Gasteiger charge is -2.30. The Morgan fingerprint density at radius 1 is 1.03 bits per heavy atom. The number of hydrogen-bond acceptors (Lipinski definition) is 3. The van der Waals surface area contributed by atoms with Gasteiger partial charge in [-0.05, 0) is 37.0 Å². The summed E-state index contributed by atoms with van der Waals surface area (Å²) in [5.41, 5.74) is 2.56. The van der Waals surface area contributed by atoms with Crippen LogP contribution in [0.4, 0.5) is 0 Å². The van der Waals surface area contributed by atoms with E-state index in [1.807, 2.05) is 31.4 Å². The summed E-state index contributed by atoms with van der Waals surface area (Å²) < 4.78 is 2.05. The number of rotatable bonds is 7. The molecule has 1 saturated carbocycles. The summed E-state index contributed by atoms with van der Waals surface area (Å²) >= 11 is 0. The van der Waals surface area contributed by atoms with Crippen LogP contribution in [-0.4, -0.2) is 40.7 Å². The van der Waals surface area contributed by atoms with Crippen molar-refractivity contribution in [3.63, 3.8) is 0 Å². The first-order valence-electron chi connectivity index (χ1n) is 10.6. The molecule has 1 aliphatic rings. The maximum Gasteiger partial charge on any atom is 0.191 e. The van der Waals surface area contributed by atoms with Crippen molar-refractivity contribution in [3.8, 4) is 0 Å². The minimum atomic E-state index is 0. The van der Waals surface area contributed by atoms with Gasteiger partial charge in [0.2, 0.25) is 0 Å². The first-order chi connectivity index (χ1) is 14.3. The molecule has 0 spiro atoms. The zero-order valence-electron chi connectivity index (χ0n) is 17.6. The minimum absolute atomic E-state index is 0. The number of pyridine rings is 1. The lowest BCUT2D eigenvalue weighted by atomic mass is 9.79. The van der Waals surface area contributed by atoms with Crippen LogP contribution in [-0.2, 0) is 11.8 Å². The topological polar surface area (TPSA) is 66.6 Å². The van der Waals surface area contributed by atoms with Gasteiger partial charge in [0, 0.05) is 38.2 Å². The second-order valence-corrected chi connectivity index (χ2v) is 7.85. The van der Waals surface area contributed by atoms with Gasteiger partial charge in [0.05, 0.1) is 0 Å². The zero-order chi connectivity index (χ0) is 19.9. The second-order valence-electron chi connectivity index (χ2n) is 7.85. The molecular weight excluding hydrogens is 487 g/mol. The van der Waals surface area contributed by atoms with Crippen molar-refractivity contribution >= 4 is 35.6 Å². The van der Waals surface area contributed by atoms with Gasteiger partial charge in [0.15, 0.2) is 11.6 Å². The highest BCUT2D eigenvalue weighted by Crippen LogP contribution is 2.40. The molecule has 4 rings (SSSR count). The van der Waals surface area contributed by atoms with Crippen LogP contribution in [0.5, 0.6) is 0 Å². The molecule has 6 nitrogen and oxygen atoms in total. The number of aryl methyl sites for hydroxylation is 1. The van der Waals surface area contributed by atoms with E-state index in [-0.39, 0.29) is 29.4 Å². The Balaban J connectivity index is 0.00000256. The molecule has 0 unspecified atom stereocenters. The molecule has 0 bridgehead atoms. The number of guanidine groups is 1. The van der Waals surface area contributed by atoms with Gasteiger partial charge >= 0.3 is 0 Å². The Morgan fingerprint density at radius 3 is 2.57 bits per heavy atom. The van der Waals surface area contributed by atoms with Crippen molar-refractivity contribution in [2.45, 2.75) is 43.9 Å². The van der Waals surface area contributed by atoms with Crippen LogP contribution >= 0.6 is 24.0 Å². The smallest absolute Gasteiger partial charge is 0.191 e. The first-order valence-corrected chi connectivity index (χ1v) is 10.6. The van der Waals surface area contributed by atoms with Crippen molar-refractivity contribution in [1.29, 1.82) is 0 Å². The van der Waals surface area contributed by atoms with Gasteiger partial charge in [-0.2, -0.15) is 0 Å². The van der Waals surface area contributed by atoms with E-state index in [1.54, 1.807) is 0 Å². The average Bonchev–Trinajstić information content (AvgIpc) is 3.42. The largest absolute Gasteiger partial charge is 0.356 e.